The predicted octanol–water partition coefficient (Wildman–Crippen LogP) is 2.22. The molecule has 8 heteroatoms. The molecule has 0 saturated heterocycles. The summed E-state index contributed by atoms with van der Waals surface area (Å²) in [7, 11) is 0. The first kappa shape index (κ1) is 18.1. The third-order valence-electron chi connectivity index (χ3n) is 4.02. The summed E-state index contributed by atoms with van der Waals surface area (Å²) in [5.74, 6) is -0.214. The molecule has 0 aliphatic rings. The summed E-state index contributed by atoms with van der Waals surface area (Å²) < 4.78 is 6.59. The van der Waals surface area contributed by atoms with Gasteiger partial charge in [-0.3, -0.25) is 18.7 Å². The first-order valence-corrected chi connectivity index (χ1v) is 9.15. The van der Waals surface area contributed by atoms with Crippen molar-refractivity contribution >= 4 is 34.2 Å². The summed E-state index contributed by atoms with van der Waals surface area (Å²) >= 11 is 1.10. The summed E-state index contributed by atoms with van der Waals surface area (Å²) in [5, 5.41) is 4.44. The van der Waals surface area contributed by atoms with Crippen LogP contribution in [-0.2, 0) is 17.9 Å². The van der Waals surface area contributed by atoms with Gasteiger partial charge in [0.2, 0.25) is 5.91 Å². The van der Waals surface area contributed by atoms with Gasteiger partial charge in [-0.05, 0) is 36.0 Å². The van der Waals surface area contributed by atoms with E-state index in [0.717, 1.165) is 21.7 Å². The zero-order valence-corrected chi connectivity index (χ0v) is 15.7. The zero-order valence-electron chi connectivity index (χ0n) is 14.9. The minimum Gasteiger partial charge on any atom is -0.324 e. The van der Waals surface area contributed by atoms with Gasteiger partial charge in [0.05, 0.1) is 5.52 Å². The number of fused-ring (bicyclic) bond motifs is 1. The quantitative estimate of drug-likeness (QED) is 0.744. The average Bonchev–Trinajstić information content (AvgIpc) is 3.07. The molecule has 0 fully saturated rings. The molecule has 0 atom stereocenters. The molecule has 0 unspecified atom stereocenters. The van der Waals surface area contributed by atoms with Crippen LogP contribution in [0.1, 0.15) is 19.4 Å². The van der Waals surface area contributed by atoms with E-state index in [1.54, 1.807) is 11.4 Å². The second-order valence-electron chi connectivity index (χ2n) is 6.59. The topological polar surface area (TPSA) is 86.0 Å². The van der Waals surface area contributed by atoms with Crippen LogP contribution in [0.4, 0.5) is 5.69 Å². The SMILES string of the molecule is Cc1ccccc1NC(=O)Cn1c(=O)n(CC(C)C)c(=O)c2nscc21. The number of carbonyl (C=O) groups is 1. The molecule has 2 heterocycles. The summed E-state index contributed by atoms with van der Waals surface area (Å²) in [4.78, 5) is 37.8. The van der Waals surface area contributed by atoms with Crippen molar-refractivity contribution in [2.45, 2.75) is 33.9 Å². The second kappa shape index (κ2) is 7.25. The molecule has 0 aliphatic heterocycles. The molecule has 3 rings (SSSR count). The van der Waals surface area contributed by atoms with Gasteiger partial charge in [0.1, 0.15) is 6.54 Å². The Balaban J connectivity index is 2.00. The van der Waals surface area contributed by atoms with Crippen molar-refractivity contribution in [3.63, 3.8) is 0 Å². The average molecular weight is 372 g/mol. The van der Waals surface area contributed by atoms with Crippen molar-refractivity contribution in [3.05, 3.63) is 56.0 Å². The number of amides is 1. The zero-order chi connectivity index (χ0) is 18.8. The third-order valence-corrected chi connectivity index (χ3v) is 4.64. The van der Waals surface area contributed by atoms with Gasteiger partial charge in [-0.15, -0.1) is 0 Å². The number of nitrogens with zero attached hydrogens (tertiary/aromatic N) is 3. The lowest BCUT2D eigenvalue weighted by molar-refractivity contribution is -0.116. The molecule has 136 valence electrons. The molecule has 3 aromatic rings. The van der Waals surface area contributed by atoms with Gasteiger partial charge in [0.25, 0.3) is 5.56 Å². The number of hydrogen-bond acceptors (Lipinski definition) is 5. The number of rotatable bonds is 5. The largest absolute Gasteiger partial charge is 0.332 e. The second-order valence-corrected chi connectivity index (χ2v) is 7.22. The Labute approximate surface area is 154 Å². The lowest BCUT2D eigenvalue weighted by Gasteiger charge is -2.13. The summed E-state index contributed by atoms with van der Waals surface area (Å²) in [6.07, 6.45) is 0. The highest BCUT2D eigenvalue weighted by Gasteiger charge is 2.18. The number of nitrogens with one attached hydrogen (secondary N) is 1. The molecular formula is C18H20N4O3S. The fourth-order valence-electron chi connectivity index (χ4n) is 2.76. The standard InChI is InChI=1S/C18H20N4O3S/c1-11(2)8-22-17(24)16-14(10-26-20-16)21(18(22)25)9-15(23)19-13-7-5-4-6-12(13)3/h4-7,10-11H,8-9H2,1-3H3,(H,19,23). The molecule has 1 amide bonds. The van der Waals surface area contributed by atoms with Crippen LogP contribution in [0, 0.1) is 12.8 Å². The first-order valence-electron chi connectivity index (χ1n) is 8.31. The number of para-hydroxylation sites is 1. The molecule has 0 aliphatic carbocycles. The van der Waals surface area contributed by atoms with Gasteiger partial charge in [-0.25, -0.2) is 4.79 Å². The maximum Gasteiger partial charge on any atom is 0.332 e. The number of aryl methyl sites for hydroxylation is 1. The van der Waals surface area contributed by atoms with Crippen molar-refractivity contribution in [3.8, 4) is 0 Å². The molecule has 0 spiro atoms. The van der Waals surface area contributed by atoms with Crippen LogP contribution in [0.15, 0.2) is 39.2 Å². The van der Waals surface area contributed by atoms with Crippen LogP contribution in [0.2, 0.25) is 0 Å². The lowest BCUT2D eigenvalue weighted by atomic mass is 10.2. The maximum atomic E-state index is 12.8. The van der Waals surface area contributed by atoms with Crippen molar-refractivity contribution < 1.29 is 4.79 Å². The number of benzene rings is 1. The van der Waals surface area contributed by atoms with E-state index >= 15 is 0 Å². The van der Waals surface area contributed by atoms with Gasteiger partial charge in [0, 0.05) is 17.6 Å². The molecule has 0 saturated carbocycles. The van der Waals surface area contributed by atoms with Crippen LogP contribution >= 0.6 is 11.5 Å². The highest BCUT2D eigenvalue weighted by molar-refractivity contribution is 7.04. The normalized spacial score (nSPS) is 11.2. The first-order chi connectivity index (χ1) is 12.4. The highest BCUT2D eigenvalue weighted by Crippen LogP contribution is 2.14. The van der Waals surface area contributed by atoms with E-state index < -0.39 is 11.2 Å². The minimum absolute atomic E-state index is 0.116. The van der Waals surface area contributed by atoms with Gasteiger partial charge < -0.3 is 5.32 Å². The fraction of sp³-hybridized carbons (Fsp3) is 0.333. The Hall–Kier alpha value is -2.74. The maximum absolute atomic E-state index is 12.8. The van der Waals surface area contributed by atoms with Crippen molar-refractivity contribution in [2.75, 3.05) is 5.32 Å². The molecule has 0 bridgehead atoms. The van der Waals surface area contributed by atoms with E-state index in [2.05, 4.69) is 9.69 Å². The number of anilines is 1. The molecule has 2 aromatic heterocycles. The predicted molar refractivity (Wildman–Crippen MR) is 103 cm³/mol. The molecule has 7 nitrogen and oxygen atoms in total. The van der Waals surface area contributed by atoms with Crippen LogP contribution in [0.3, 0.4) is 0 Å². The number of hydrogen-bond donors (Lipinski definition) is 1. The van der Waals surface area contributed by atoms with Crippen molar-refractivity contribution in [1.29, 1.82) is 0 Å². The van der Waals surface area contributed by atoms with Crippen molar-refractivity contribution in [2.24, 2.45) is 5.92 Å². The van der Waals surface area contributed by atoms with E-state index in [1.165, 1.54) is 4.57 Å². The van der Waals surface area contributed by atoms with Crippen molar-refractivity contribution in [1.82, 2.24) is 13.5 Å². The lowest BCUT2D eigenvalue weighted by Crippen LogP contribution is -2.42. The van der Waals surface area contributed by atoms with Gasteiger partial charge in [0.15, 0.2) is 5.52 Å². The molecule has 0 radical (unpaired) electrons. The van der Waals surface area contributed by atoms with Crippen LogP contribution in [0.5, 0.6) is 0 Å². The van der Waals surface area contributed by atoms with E-state index in [0.29, 0.717) is 11.2 Å². The van der Waals surface area contributed by atoms with Crippen LogP contribution < -0.4 is 16.6 Å². The minimum atomic E-state index is -0.490. The Morgan fingerprint density at radius 1 is 1.23 bits per heavy atom. The summed E-state index contributed by atoms with van der Waals surface area (Å²) in [6.45, 7) is 5.84. The smallest absolute Gasteiger partial charge is 0.324 e. The van der Waals surface area contributed by atoms with E-state index in [-0.39, 0.29) is 30.4 Å². The number of aromatic nitrogens is 3. The van der Waals surface area contributed by atoms with E-state index in [4.69, 9.17) is 0 Å². The van der Waals surface area contributed by atoms with Gasteiger partial charge in [-0.1, -0.05) is 32.0 Å². The van der Waals surface area contributed by atoms with E-state index in [9.17, 15) is 14.4 Å². The molecule has 1 N–H and O–H groups in total. The van der Waals surface area contributed by atoms with Crippen LogP contribution in [-0.4, -0.2) is 19.4 Å². The Morgan fingerprint density at radius 2 is 1.96 bits per heavy atom. The van der Waals surface area contributed by atoms with Gasteiger partial charge >= 0.3 is 5.69 Å². The molecule has 1 aromatic carbocycles. The monoisotopic (exact) mass is 372 g/mol. The van der Waals surface area contributed by atoms with Crippen LogP contribution in [0.25, 0.3) is 11.0 Å². The van der Waals surface area contributed by atoms with Gasteiger partial charge in [-0.2, -0.15) is 4.37 Å². The van der Waals surface area contributed by atoms with E-state index in [1.807, 2.05) is 39.0 Å². The number of carbonyl (C=O) groups excluding carboxylic acids is 1. The third kappa shape index (κ3) is 3.45. The molecule has 26 heavy (non-hydrogen) atoms. The Bertz CT molecular complexity index is 1080. The fourth-order valence-corrected chi connectivity index (χ4v) is 3.43. The Morgan fingerprint density at radius 3 is 2.65 bits per heavy atom. The highest BCUT2D eigenvalue weighted by atomic mass is 32.1. The summed E-state index contributed by atoms with van der Waals surface area (Å²) in [6, 6.07) is 7.42. The summed E-state index contributed by atoms with van der Waals surface area (Å²) in [5.41, 5.74) is 1.34. The Kier molecular flexibility index (Phi) is 5.03. The molecular weight excluding hydrogens is 352 g/mol.